The summed E-state index contributed by atoms with van der Waals surface area (Å²) in [6.07, 6.45) is 8.04. The first kappa shape index (κ1) is 56.2. The number of allylic oxidation sites excluding steroid dienone is 3. The quantitative estimate of drug-likeness (QED) is 0.0440. The summed E-state index contributed by atoms with van der Waals surface area (Å²) in [4.78, 5) is 13.0. The Kier molecular flexibility index (Phi) is 21.8. The number of carboxylic acids is 1. The molecule has 1 aromatic carbocycles. The Balaban J connectivity index is 0.00000661. The number of anilines is 1. The maximum Gasteiger partial charge on any atom is 1.00 e. The minimum Gasteiger partial charge on any atom is -0.481 e. The zero-order valence-electron chi connectivity index (χ0n) is 37.3. The first-order chi connectivity index (χ1) is 28.0. The van der Waals surface area contributed by atoms with Gasteiger partial charge >= 0.3 is 65.1 Å². The number of carboxylic acid groups (broad SMARTS) is 1. The molecule has 0 aromatic heterocycles. The van der Waals surface area contributed by atoms with E-state index >= 15 is 0 Å². The van der Waals surface area contributed by atoms with Crippen LogP contribution in [-0.4, -0.2) is 96.8 Å². The Morgan fingerprint density at radius 3 is 2.27 bits per heavy atom. The second-order valence-electron chi connectivity index (χ2n) is 16.3. The van der Waals surface area contributed by atoms with Crippen molar-refractivity contribution in [1.82, 2.24) is 9.30 Å². The van der Waals surface area contributed by atoms with Gasteiger partial charge in [-0.05, 0) is 98.6 Å². The van der Waals surface area contributed by atoms with Gasteiger partial charge in [0.25, 0.3) is 20.2 Å². The number of hydrogen-bond acceptors (Lipinski definition) is 10. The number of ether oxygens (including phenoxy) is 1. The van der Waals surface area contributed by atoms with Gasteiger partial charge in [-0.25, -0.2) is 17.7 Å². The monoisotopic (exact) mass is 940 g/mol. The standard InChI is InChI=1S/C42H59N3O12S3.2Na/c1-7-44(23-13-27-59(50,51)52)31-17-19-34-35(41(2,3)4)29-32(57-38(34)28-31)14-11-15-39-42(5,21-12-26-58(48,49)43-22-25-56-6)36-30-33(60(53,54)55)18-20-37(36)45(39)24-10-8-9-16-40(46)47;;/h11,14-15,17-20,28-30,43H,7-10,12-13,16,21-27H2,1-6H3,(H2-,46,47,50,51,52,53,54,55);;/q;2*+1/p+1. The van der Waals surface area contributed by atoms with Crippen LogP contribution in [0.5, 0.6) is 0 Å². The van der Waals surface area contributed by atoms with Gasteiger partial charge in [-0.15, -0.1) is 0 Å². The van der Waals surface area contributed by atoms with Gasteiger partial charge in [0, 0.05) is 61.5 Å². The number of benzene rings is 2. The van der Waals surface area contributed by atoms with Crippen molar-refractivity contribution < 1.29 is 113 Å². The van der Waals surface area contributed by atoms with Crippen LogP contribution in [0.4, 0.5) is 5.69 Å². The minimum absolute atomic E-state index is 0. The molecule has 0 saturated carbocycles. The first-order valence-corrected chi connectivity index (χ1v) is 24.8. The Morgan fingerprint density at radius 2 is 1.66 bits per heavy atom. The second kappa shape index (κ2) is 24.0. The predicted molar refractivity (Wildman–Crippen MR) is 233 cm³/mol. The van der Waals surface area contributed by atoms with Crippen molar-refractivity contribution in [2.45, 2.75) is 95.3 Å². The van der Waals surface area contributed by atoms with Crippen LogP contribution >= 0.6 is 0 Å². The predicted octanol–water partition coefficient (Wildman–Crippen LogP) is -0.327. The summed E-state index contributed by atoms with van der Waals surface area (Å²) in [5.74, 6) is -0.275. The van der Waals surface area contributed by atoms with Gasteiger partial charge in [-0.3, -0.25) is 13.9 Å². The average Bonchev–Trinajstić information content (AvgIpc) is 3.37. The van der Waals surface area contributed by atoms with E-state index in [0.29, 0.717) is 68.1 Å². The molecule has 0 bridgehead atoms. The van der Waals surface area contributed by atoms with E-state index < -0.39 is 41.6 Å². The van der Waals surface area contributed by atoms with Crippen LogP contribution in [0.1, 0.15) is 96.5 Å². The molecule has 0 fully saturated rings. The van der Waals surface area contributed by atoms with Crippen LogP contribution < -0.4 is 78.7 Å². The van der Waals surface area contributed by atoms with Crippen molar-refractivity contribution in [3.05, 3.63) is 82.6 Å². The molecule has 1 unspecified atom stereocenters. The Hall–Kier alpha value is -1.91. The molecule has 20 heteroatoms. The van der Waals surface area contributed by atoms with E-state index in [1.54, 1.807) is 6.07 Å². The molecule has 0 amide bonds. The van der Waals surface area contributed by atoms with Crippen molar-refractivity contribution in [2.75, 3.05) is 56.3 Å². The second-order valence-corrected chi connectivity index (χ2v) is 21.2. The van der Waals surface area contributed by atoms with Gasteiger partial charge < -0.3 is 19.2 Å². The number of nitrogens with zero attached hydrogens (tertiary/aromatic N) is 2. The first-order valence-electron chi connectivity index (χ1n) is 20.1. The van der Waals surface area contributed by atoms with Crippen LogP contribution in [0.25, 0.3) is 17.4 Å². The molecule has 1 aromatic rings. The average molecular weight is 941 g/mol. The molecule has 2 aliphatic heterocycles. The fourth-order valence-corrected chi connectivity index (χ4v) is 9.71. The van der Waals surface area contributed by atoms with Crippen LogP contribution in [0.2, 0.25) is 0 Å². The van der Waals surface area contributed by atoms with Crippen molar-refractivity contribution in [3.8, 4) is 11.3 Å². The third-order valence-electron chi connectivity index (χ3n) is 10.7. The molecular weight excluding hydrogens is 881 g/mol. The van der Waals surface area contributed by atoms with Crippen LogP contribution in [0.3, 0.4) is 0 Å². The summed E-state index contributed by atoms with van der Waals surface area (Å²) in [6, 6.07) is 12.2. The number of carbonyl (C=O) groups is 1. The summed E-state index contributed by atoms with van der Waals surface area (Å²) in [6.45, 7) is 12.0. The van der Waals surface area contributed by atoms with E-state index in [4.69, 9.17) is 9.15 Å². The van der Waals surface area contributed by atoms with Crippen molar-refractivity contribution >= 4 is 48.0 Å². The number of nitrogens with one attached hydrogen (secondary N) is 1. The molecular formula is C42H60N3Na2O12S3+3. The van der Waals surface area contributed by atoms with Crippen molar-refractivity contribution in [3.63, 3.8) is 0 Å². The zero-order valence-corrected chi connectivity index (χ0v) is 43.8. The SMILES string of the molecule is CC[N+](CCCS(=O)(=O)O)=c1ccc2c(C(C)(C)C)cc(/C=C/C=C3/N(CCCCCC(=O)O)c4ccc(S(=O)(=O)O)cc4C3(C)CCCS(=O)(=O)NCCOC)oc-2c1.[Na+].[Na+]. The molecule has 1 atom stereocenters. The Labute approximate surface area is 411 Å². The molecule has 15 nitrogen and oxygen atoms in total. The summed E-state index contributed by atoms with van der Waals surface area (Å²) >= 11 is 0. The third kappa shape index (κ3) is 15.9. The van der Waals surface area contributed by atoms with Gasteiger partial charge in [0.15, 0.2) is 0 Å². The van der Waals surface area contributed by atoms with E-state index in [1.807, 2.05) is 65.8 Å². The summed E-state index contributed by atoms with van der Waals surface area (Å²) in [5, 5.41) is 10.0. The largest absolute Gasteiger partial charge is 1.00 e. The molecule has 1 aliphatic carbocycles. The topological polar surface area (TPSA) is 221 Å². The number of sulfonamides is 1. The molecule has 3 aliphatic rings. The molecule has 2 heterocycles. The molecule has 4 rings (SSSR count). The Bertz CT molecular complexity index is 2450. The normalized spacial score (nSPS) is 17.0. The fraction of sp³-hybridized carbons (Fsp3) is 0.524. The smallest absolute Gasteiger partial charge is 0.481 e. The van der Waals surface area contributed by atoms with Gasteiger partial charge in [-0.2, -0.15) is 16.8 Å². The number of rotatable bonds is 22. The number of aliphatic carboxylic acids is 1. The van der Waals surface area contributed by atoms with E-state index in [0.717, 1.165) is 22.2 Å². The molecule has 62 heavy (non-hydrogen) atoms. The number of hydrogen-bond donors (Lipinski definition) is 4. The van der Waals surface area contributed by atoms with Crippen LogP contribution in [-0.2, 0) is 50.6 Å². The Morgan fingerprint density at radius 1 is 0.952 bits per heavy atom. The van der Waals surface area contributed by atoms with Crippen molar-refractivity contribution in [2.24, 2.45) is 0 Å². The summed E-state index contributed by atoms with van der Waals surface area (Å²) in [7, 11) is -10.9. The van der Waals surface area contributed by atoms with Crippen LogP contribution in [0, 0.1) is 0 Å². The molecule has 332 valence electrons. The third-order valence-corrected chi connectivity index (χ3v) is 13.8. The number of unbranched alkanes of at least 4 members (excludes halogenated alkanes) is 2. The molecule has 0 radical (unpaired) electrons. The zero-order chi connectivity index (χ0) is 44.5. The van der Waals surface area contributed by atoms with Crippen molar-refractivity contribution in [1.29, 1.82) is 0 Å². The summed E-state index contributed by atoms with van der Waals surface area (Å²) in [5.41, 5.74) is 2.77. The summed E-state index contributed by atoms with van der Waals surface area (Å²) < 4.78 is 109. The van der Waals surface area contributed by atoms with Crippen LogP contribution in [0.15, 0.2) is 69.6 Å². The van der Waals surface area contributed by atoms with Gasteiger partial charge in [0.05, 0.1) is 29.1 Å². The van der Waals surface area contributed by atoms with Gasteiger partial charge in [-0.1, -0.05) is 33.3 Å². The van der Waals surface area contributed by atoms with E-state index in [9.17, 15) is 44.3 Å². The number of methoxy groups -OCH3 is 1. The molecule has 0 spiro atoms. The minimum atomic E-state index is -4.58. The van der Waals surface area contributed by atoms with Gasteiger partial charge in [0.2, 0.25) is 15.4 Å². The maximum absolute atomic E-state index is 12.9. The van der Waals surface area contributed by atoms with E-state index in [-0.39, 0.29) is 113 Å². The molecule has 4 N–H and O–H groups in total. The molecule has 0 saturated heterocycles. The van der Waals surface area contributed by atoms with E-state index in [2.05, 4.69) is 25.5 Å². The number of fused-ring (bicyclic) bond motifs is 2. The fourth-order valence-electron chi connectivity index (χ4n) is 7.64. The van der Waals surface area contributed by atoms with E-state index in [1.165, 1.54) is 19.2 Å². The van der Waals surface area contributed by atoms with Gasteiger partial charge in [0.1, 0.15) is 24.6 Å². The maximum atomic E-state index is 12.9.